The lowest BCUT2D eigenvalue weighted by atomic mass is 10.00. The number of benzene rings is 3. The standard InChI is InChI=1S/C39H40F3N3O6/c1-4-5-18-50-19-20-51-31-10-6-26(7-11-31)27-8-13-34-29(22-27)23-28(15-17-45(34)38(48)39(40,41)42)37(47)44-30-9-12-32(35(24-30)49-3)36(46)33-21-25(2)14-16-43-33/h6-14,16,21-24,36,46H,4-5,15,17-20H2,1-3H3,(H,44,47). The molecule has 0 saturated heterocycles. The van der Waals surface area contributed by atoms with E-state index in [4.69, 9.17) is 14.2 Å². The molecule has 0 fully saturated rings. The number of aromatic nitrogens is 1. The largest absolute Gasteiger partial charge is 0.496 e. The molecule has 2 heterocycles. The number of aryl methyl sites for hydroxylation is 1. The minimum Gasteiger partial charge on any atom is -0.496 e. The average Bonchev–Trinajstić information content (AvgIpc) is 3.31. The minimum atomic E-state index is -5.11. The van der Waals surface area contributed by atoms with Gasteiger partial charge in [-0.05, 0) is 90.6 Å². The molecule has 1 aliphatic rings. The molecule has 1 aliphatic heterocycles. The number of unbranched alkanes of at least 4 members (excludes halogenated alkanes) is 1. The molecule has 0 bridgehead atoms. The van der Waals surface area contributed by atoms with Crippen molar-refractivity contribution in [3.8, 4) is 22.6 Å². The molecule has 9 nitrogen and oxygen atoms in total. The van der Waals surface area contributed by atoms with Crippen LogP contribution in [0, 0.1) is 6.92 Å². The maximum atomic E-state index is 13.7. The molecule has 1 aromatic heterocycles. The normalized spacial score (nSPS) is 13.5. The van der Waals surface area contributed by atoms with Gasteiger partial charge < -0.3 is 29.5 Å². The van der Waals surface area contributed by atoms with Crippen molar-refractivity contribution >= 4 is 29.3 Å². The van der Waals surface area contributed by atoms with Crippen LogP contribution in [0.1, 0.15) is 54.7 Å². The van der Waals surface area contributed by atoms with E-state index < -0.39 is 24.1 Å². The van der Waals surface area contributed by atoms with Crippen LogP contribution in [0.2, 0.25) is 0 Å². The van der Waals surface area contributed by atoms with Gasteiger partial charge in [-0.15, -0.1) is 0 Å². The Kier molecular flexibility index (Phi) is 12.1. The lowest BCUT2D eigenvalue weighted by Gasteiger charge is -2.24. The number of carbonyl (C=O) groups excluding carboxylic acids is 2. The van der Waals surface area contributed by atoms with Gasteiger partial charge in [0.1, 0.15) is 24.2 Å². The SMILES string of the molecule is CCCCOCCOc1ccc(-c2ccc3c(c2)C=C(C(=O)Nc2ccc(C(O)c4cc(C)ccn4)c(OC)c2)CCN3C(=O)C(F)(F)F)cc1. The molecular formula is C39H40F3N3O6. The van der Waals surface area contributed by atoms with Crippen LogP contribution < -0.4 is 19.7 Å². The zero-order valence-corrected chi connectivity index (χ0v) is 28.6. The molecule has 268 valence electrons. The van der Waals surface area contributed by atoms with Crippen molar-refractivity contribution in [2.75, 3.05) is 43.7 Å². The third-order valence-electron chi connectivity index (χ3n) is 8.36. The maximum absolute atomic E-state index is 13.7. The summed E-state index contributed by atoms with van der Waals surface area (Å²) in [5.41, 5.74) is 4.03. The number of fused-ring (bicyclic) bond motifs is 1. The number of alkyl halides is 3. The number of rotatable bonds is 13. The molecule has 4 aromatic rings. The van der Waals surface area contributed by atoms with Crippen LogP contribution in [0.15, 0.2) is 84.6 Å². The van der Waals surface area contributed by atoms with Gasteiger partial charge in [-0.1, -0.05) is 37.6 Å². The van der Waals surface area contributed by atoms with Crippen LogP contribution in [-0.2, 0) is 14.3 Å². The third kappa shape index (κ3) is 9.33. The molecule has 12 heteroatoms. The van der Waals surface area contributed by atoms with Crippen LogP contribution in [0.3, 0.4) is 0 Å². The lowest BCUT2D eigenvalue weighted by Crippen LogP contribution is -2.42. The van der Waals surface area contributed by atoms with Gasteiger partial charge in [0.25, 0.3) is 5.91 Å². The molecule has 1 unspecified atom stereocenters. The van der Waals surface area contributed by atoms with Gasteiger partial charge >= 0.3 is 12.1 Å². The number of hydrogen-bond donors (Lipinski definition) is 2. The maximum Gasteiger partial charge on any atom is 0.471 e. The quantitative estimate of drug-likeness (QED) is 0.138. The fourth-order valence-electron chi connectivity index (χ4n) is 5.66. The van der Waals surface area contributed by atoms with E-state index in [0.29, 0.717) is 58.7 Å². The molecule has 0 aliphatic carbocycles. The monoisotopic (exact) mass is 703 g/mol. The zero-order chi connectivity index (χ0) is 36.5. The molecule has 3 aromatic carbocycles. The number of ether oxygens (including phenoxy) is 3. The summed E-state index contributed by atoms with van der Waals surface area (Å²) in [6, 6.07) is 20.3. The van der Waals surface area contributed by atoms with E-state index in [1.165, 1.54) is 19.3 Å². The van der Waals surface area contributed by atoms with Gasteiger partial charge in [-0.3, -0.25) is 14.6 Å². The van der Waals surface area contributed by atoms with Crippen molar-refractivity contribution in [3.05, 3.63) is 107 Å². The van der Waals surface area contributed by atoms with Crippen molar-refractivity contribution in [1.82, 2.24) is 4.98 Å². The van der Waals surface area contributed by atoms with Crippen molar-refractivity contribution in [2.24, 2.45) is 0 Å². The molecule has 0 saturated carbocycles. The number of carbonyl (C=O) groups is 2. The number of anilines is 2. The number of pyridine rings is 1. The first-order valence-corrected chi connectivity index (χ1v) is 16.6. The van der Waals surface area contributed by atoms with Crippen LogP contribution in [-0.4, -0.2) is 61.6 Å². The number of methoxy groups -OCH3 is 1. The number of amides is 2. The summed E-state index contributed by atoms with van der Waals surface area (Å²) in [7, 11) is 1.43. The van der Waals surface area contributed by atoms with E-state index in [-0.39, 0.29) is 29.8 Å². The van der Waals surface area contributed by atoms with E-state index in [1.54, 1.807) is 54.7 Å². The second-order valence-electron chi connectivity index (χ2n) is 12.1. The smallest absolute Gasteiger partial charge is 0.471 e. The summed E-state index contributed by atoms with van der Waals surface area (Å²) >= 11 is 0. The number of halogens is 3. The first-order valence-electron chi connectivity index (χ1n) is 16.6. The van der Waals surface area contributed by atoms with Crippen molar-refractivity contribution < 1.29 is 42.1 Å². The van der Waals surface area contributed by atoms with Crippen LogP contribution in [0.25, 0.3) is 17.2 Å². The molecule has 0 spiro atoms. The number of aliphatic hydroxyl groups excluding tert-OH is 1. The summed E-state index contributed by atoms with van der Waals surface area (Å²) in [5, 5.41) is 13.8. The predicted octanol–water partition coefficient (Wildman–Crippen LogP) is 7.66. The summed E-state index contributed by atoms with van der Waals surface area (Å²) in [6.07, 6.45) is -1.20. The van der Waals surface area contributed by atoms with Crippen LogP contribution in [0.4, 0.5) is 24.5 Å². The van der Waals surface area contributed by atoms with Crippen molar-refractivity contribution in [3.63, 3.8) is 0 Å². The zero-order valence-electron chi connectivity index (χ0n) is 28.6. The molecule has 2 amide bonds. The van der Waals surface area contributed by atoms with Gasteiger partial charge in [-0.2, -0.15) is 13.2 Å². The Morgan fingerprint density at radius 1 is 0.980 bits per heavy atom. The molecule has 2 N–H and O–H groups in total. The summed E-state index contributed by atoms with van der Waals surface area (Å²) in [6.45, 7) is 5.15. The minimum absolute atomic E-state index is 0.0386. The molecule has 51 heavy (non-hydrogen) atoms. The molecule has 0 radical (unpaired) electrons. The van der Waals surface area contributed by atoms with E-state index >= 15 is 0 Å². The van der Waals surface area contributed by atoms with Gasteiger partial charge in [0.15, 0.2) is 0 Å². The first-order chi connectivity index (χ1) is 24.5. The van der Waals surface area contributed by atoms with Gasteiger partial charge in [0, 0.05) is 42.2 Å². The Morgan fingerprint density at radius 3 is 2.45 bits per heavy atom. The average molecular weight is 704 g/mol. The van der Waals surface area contributed by atoms with Crippen molar-refractivity contribution in [2.45, 2.75) is 45.4 Å². The highest BCUT2D eigenvalue weighted by Crippen LogP contribution is 2.36. The Labute approximate surface area is 294 Å². The molecular weight excluding hydrogens is 663 g/mol. The Hall–Kier alpha value is -5.20. The van der Waals surface area contributed by atoms with E-state index in [0.717, 1.165) is 24.0 Å². The fourth-order valence-corrected chi connectivity index (χ4v) is 5.66. The van der Waals surface area contributed by atoms with Gasteiger partial charge in [0.2, 0.25) is 0 Å². The molecule has 5 rings (SSSR count). The number of nitrogens with zero attached hydrogens (tertiary/aromatic N) is 2. The first kappa shape index (κ1) is 37.1. The Balaban J connectivity index is 1.38. The topological polar surface area (TPSA) is 110 Å². The van der Waals surface area contributed by atoms with E-state index in [1.807, 2.05) is 25.1 Å². The highest BCUT2D eigenvalue weighted by molar-refractivity contribution is 6.09. The lowest BCUT2D eigenvalue weighted by molar-refractivity contribution is -0.170. The van der Waals surface area contributed by atoms with Gasteiger partial charge in [-0.25, -0.2) is 0 Å². The number of hydrogen-bond acceptors (Lipinski definition) is 7. The number of aliphatic hydroxyl groups is 1. The Bertz CT molecular complexity index is 1880. The van der Waals surface area contributed by atoms with E-state index in [9.17, 15) is 27.9 Å². The molecule has 1 atom stereocenters. The third-order valence-corrected chi connectivity index (χ3v) is 8.36. The highest BCUT2D eigenvalue weighted by atomic mass is 19.4. The predicted molar refractivity (Wildman–Crippen MR) is 189 cm³/mol. The summed E-state index contributed by atoms with van der Waals surface area (Å²) in [4.78, 5) is 31.1. The summed E-state index contributed by atoms with van der Waals surface area (Å²) < 4.78 is 57.9. The fraction of sp³-hybridized carbons (Fsp3) is 0.308. The second kappa shape index (κ2) is 16.7. The van der Waals surface area contributed by atoms with E-state index in [2.05, 4.69) is 17.2 Å². The Morgan fingerprint density at radius 2 is 1.75 bits per heavy atom. The van der Waals surface area contributed by atoms with Crippen molar-refractivity contribution in [1.29, 1.82) is 0 Å². The highest BCUT2D eigenvalue weighted by Gasteiger charge is 2.44. The van der Waals surface area contributed by atoms with Gasteiger partial charge in [0.05, 0.1) is 25.1 Å². The summed E-state index contributed by atoms with van der Waals surface area (Å²) in [5.74, 6) is -1.65. The van der Waals surface area contributed by atoms with Crippen LogP contribution >= 0.6 is 0 Å². The number of nitrogens with one attached hydrogen (secondary N) is 1. The van der Waals surface area contributed by atoms with Crippen LogP contribution in [0.5, 0.6) is 11.5 Å². The second-order valence-corrected chi connectivity index (χ2v) is 12.1.